The maximum Gasteiger partial charge on any atom is 0.323 e. The molecule has 4 fully saturated rings. The second kappa shape index (κ2) is 6.18. The molecule has 26 heavy (non-hydrogen) atoms. The van der Waals surface area contributed by atoms with E-state index in [1.54, 1.807) is 0 Å². The van der Waals surface area contributed by atoms with Gasteiger partial charge in [0.05, 0.1) is 0 Å². The van der Waals surface area contributed by atoms with Gasteiger partial charge >= 0.3 is 6.03 Å². The fourth-order valence-corrected chi connectivity index (χ4v) is 5.16. The number of carbonyl (C=O) groups is 2. The van der Waals surface area contributed by atoms with E-state index in [0.29, 0.717) is 17.0 Å². The van der Waals surface area contributed by atoms with Crippen LogP contribution in [0.3, 0.4) is 0 Å². The van der Waals surface area contributed by atoms with Crippen molar-refractivity contribution in [3.8, 4) is 0 Å². The molecule has 0 aromatic carbocycles. The number of aromatic nitrogens is 2. The molecule has 1 spiro atoms. The zero-order valence-electron chi connectivity index (χ0n) is 14.9. The normalized spacial score (nSPS) is 27.0. The number of likely N-dealkylation sites (tertiary alicyclic amines) is 2. The maximum atomic E-state index is 12.6. The first-order valence-electron chi connectivity index (χ1n) is 9.83. The summed E-state index contributed by atoms with van der Waals surface area (Å²) in [4.78, 5) is 33.4. The average molecular weight is 375 g/mol. The number of urea groups is 1. The summed E-state index contributed by atoms with van der Waals surface area (Å²) in [7, 11) is 0. The largest absolute Gasteiger partial charge is 0.342 e. The highest BCUT2D eigenvalue weighted by molar-refractivity contribution is 7.09. The van der Waals surface area contributed by atoms with Gasteiger partial charge in [-0.1, -0.05) is 0 Å². The lowest BCUT2D eigenvalue weighted by Gasteiger charge is -2.33. The molecule has 2 aliphatic heterocycles. The number of nitrogens with zero attached hydrogens (tertiary/aromatic N) is 4. The van der Waals surface area contributed by atoms with Crippen LogP contribution in [0.5, 0.6) is 0 Å². The van der Waals surface area contributed by atoms with Gasteiger partial charge in [0, 0.05) is 49.5 Å². The molecule has 0 radical (unpaired) electrons. The molecule has 8 heteroatoms. The molecule has 1 aromatic heterocycles. The van der Waals surface area contributed by atoms with Crippen molar-refractivity contribution in [1.29, 1.82) is 0 Å². The first-order chi connectivity index (χ1) is 12.6. The molecule has 1 atom stereocenters. The number of amides is 3. The quantitative estimate of drug-likeness (QED) is 0.881. The maximum absolute atomic E-state index is 12.6. The Morgan fingerprint density at radius 1 is 1.08 bits per heavy atom. The molecule has 7 nitrogen and oxygen atoms in total. The lowest BCUT2D eigenvalue weighted by atomic mass is 9.90. The Labute approximate surface area is 157 Å². The van der Waals surface area contributed by atoms with Crippen LogP contribution in [0.2, 0.25) is 0 Å². The van der Waals surface area contributed by atoms with Crippen molar-refractivity contribution in [1.82, 2.24) is 19.2 Å². The van der Waals surface area contributed by atoms with E-state index in [0.717, 1.165) is 76.9 Å². The molecule has 3 amide bonds. The second-order valence-corrected chi connectivity index (χ2v) is 9.05. The molecule has 1 aromatic rings. The predicted octanol–water partition coefficient (Wildman–Crippen LogP) is 2.67. The monoisotopic (exact) mass is 375 g/mol. The molecular weight excluding hydrogens is 350 g/mol. The van der Waals surface area contributed by atoms with E-state index >= 15 is 0 Å². The highest BCUT2D eigenvalue weighted by Gasteiger charge is 2.59. The number of rotatable bonds is 3. The van der Waals surface area contributed by atoms with Crippen LogP contribution < -0.4 is 5.32 Å². The van der Waals surface area contributed by atoms with Gasteiger partial charge in [-0.2, -0.15) is 4.37 Å². The molecule has 1 unspecified atom stereocenters. The molecule has 140 valence electrons. The Hall–Kier alpha value is -1.70. The molecule has 2 aliphatic carbocycles. The third kappa shape index (κ3) is 2.98. The topological polar surface area (TPSA) is 78.4 Å². The smallest absolute Gasteiger partial charge is 0.323 e. The third-order valence-electron chi connectivity index (χ3n) is 6.55. The van der Waals surface area contributed by atoms with E-state index < -0.39 is 0 Å². The molecule has 2 saturated carbocycles. The summed E-state index contributed by atoms with van der Waals surface area (Å²) in [5, 5.41) is 3.50. The van der Waals surface area contributed by atoms with Crippen LogP contribution in [0.4, 0.5) is 9.93 Å². The van der Waals surface area contributed by atoms with Gasteiger partial charge in [-0.3, -0.25) is 10.1 Å². The summed E-state index contributed by atoms with van der Waals surface area (Å²) in [6, 6.07) is -0.0820. The Bertz CT molecular complexity index is 717. The van der Waals surface area contributed by atoms with Gasteiger partial charge in [0.25, 0.3) is 0 Å². The zero-order valence-corrected chi connectivity index (χ0v) is 15.8. The van der Waals surface area contributed by atoms with E-state index in [9.17, 15) is 9.59 Å². The van der Waals surface area contributed by atoms with Crippen LogP contribution >= 0.6 is 11.5 Å². The Morgan fingerprint density at radius 3 is 2.50 bits per heavy atom. The van der Waals surface area contributed by atoms with Gasteiger partial charge < -0.3 is 9.80 Å². The van der Waals surface area contributed by atoms with Crippen LogP contribution in [0.1, 0.15) is 56.7 Å². The number of nitrogens with one attached hydrogen (secondary N) is 1. The predicted molar refractivity (Wildman–Crippen MR) is 98.1 cm³/mol. The first-order valence-corrected chi connectivity index (χ1v) is 10.6. The van der Waals surface area contributed by atoms with Gasteiger partial charge in [-0.25, -0.2) is 9.78 Å². The van der Waals surface area contributed by atoms with E-state index in [1.165, 1.54) is 11.5 Å². The van der Waals surface area contributed by atoms with E-state index in [1.807, 2.05) is 9.80 Å². The second-order valence-electron chi connectivity index (χ2n) is 8.30. The average Bonchev–Trinajstić information content (AvgIpc) is 3.48. The minimum atomic E-state index is -0.0820. The zero-order chi connectivity index (χ0) is 17.7. The lowest BCUT2D eigenvalue weighted by Crippen LogP contribution is -2.42. The van der Waals surface area contributed by atoms with Crippen LogP contribution in [-0.4, -0.2) is 57.3 Å². The van der Waals surface area contributed by atoms with Gasteiger partial charge in [0.1, 0.15) is 5.82 Å². The number of piperidine rings is 1. The minimum absolute atomic E-state index is 0.0820. The van der Waals surface area contributed by atoms with Crippen molar-refractivity contribution in [2.75, 3.05) is 31.5 Å². The van der Waals surface area contributed by atoms with E-state index in [-0.39, 0.29) is 17.4 Å². The van der Waals surface area contributed by atoms with Crippen molar-refractivity contribution < 1.29 is 9.59 Å². The molecule has 1 N–H and O–H groups in total. The summed E-state index contributed by atoms with van der Waals surface area (Å²) < 4.78 is 4.33. The molecule has 2 saturated heterocycles. The van der Waals surface area contributed by atoms with Crippen LogP contribution in [0.25, 0.3) is 0 Å². The van der Waals surface area contributed by atoms with E-state index in [2.05, 4.69) is 14.7 Å². The molecule has 5 rings (SSSR count). The van der Waals surface area contributed by atoms with E-state index in [4.69, 9.17) is 0 Å². The Morgan fingerprint density at radius 2 is 1.81 bits per heavy atom. The number of anilines is 1. The van der Waals surface area contributed by atoms with Gasteiger partial charge in [0.15, 0.2) is 0 Å². The number of hydrogen-bond donors (Lipinski definition) is 1. The minimum Gasteiger partial charge on any atom is -0.342 e. The summed E-state index contributed by atoms with van der Waals surface area (Å²) in [5.41, 5.74) is 0.165. The molecule has 4 aliphatic rings. The van der Waals surface area contributed by atoms with Crippen LogP contribution in [-0.2, 0) is 4.79 Å². The van der Waals surface area contributed by atoms with Crippen molar-refractivity contribution >= 4 is 28.6 Å². The van der Waals surface area contributed by atoms with Crippen molar-refractivity contribution in [3.05, 3.63) is 5.82 Å². The summed E-state index contributed by atoms with van der Waals surface area (Å²) in [6.45, 7) is 3.32. The van der Waals surface area contributed by atoms with Crippen molar-refractivity contribution in [3.63, 3.8) is 0 Å². The Balaban J connectivity index is 1.13. The van der Waals surface area contributed by atoms with Gasteiger partial charge in [0.2, 0.25) is 11.0 Å². The Kier molecular flexibility index (Phi) is 3.92. The van der Waals surface area contributed by atoms with Gasteiger partial charge in [-0.15, -0.1) is 0 Å². The van der Waals surface area contributed by atoms with Crippen molar-refractivity contribution in [2.45, 2.75) is 50.9 Å². The summed E-state index contributed by atoms with van der Waals surface area (Å²) in [6.07, 6.45) is 7.51. The molecular formula is C18H25N5O2S. The van der Waals surface area contributed by atoms with Crippen molar-refractivity contribution in [2.24, 2.45) is 11.3 Å². The molecule has 0 bridgehead atoms. The molecule has 3 heterocycles. The summed E-state index contributed by atoms with van der Waals surface area (Å²) >= 11 is 1.27. The number of hydrogen-bond acceptors (Lipinski definition) is 5. The van der Waals surface area contributed by atoms with Crippen LogP contribution in [0.15, 0.2) is 0 Å². The first kappa shape index (κ1) is 16.5. The lowest BCUT2D eigenvalue weighted by molar-refractivity contribution is -0.132. The summed E-state index contributed by atoms with van der Waals surface area (Å²) in [5.74, 6) is 1.95. The van der Waals surface area contributed by atoms with Gasteiger partial charge in [-0.05, 0) is 50.4 Å². The highest BCUT2D eigenvalue weighted by Crippen LogP contribution is 2.60. The fourth-order valence-electron chi connectivity index (χ4n) is 4.53. The number of carbonyl (C=O) groups excluding carboxylic acids is 2. The fraction of sp³-hybridized carbons (Fsp3) is 0.778. The third-order valence-corrected chi connectivity index (χ3v) is 7.19. The standard InChI is InChI=1S/C18H25N5O2S/c24-15(22-7-1-2-8-22)13-11-18(13)5-9-23(10-6-18)17(25)20-16-19-14(21-26-16)12-3-4-12/h12-13H,1-11H2,(H,19,20,21,25). The van der Waals surface area contributed by atoms with Crippen LogP contribution in [0, 0.1) is 11.3 Å². The highest BCUT2D eigenvalue weighted by atomic mass is 32.1. The SMILES string of the molecule is O=C(Nc1nc(C2CC2)ns1)N1CCC2(CC1)CC2C(=O)N1CCCC1.